The van der Waals surface area contributed by atoms with Crippen LogP contribution in [0.2, 0.25) is 0 Å². The molecular weight excluding hydrogens is 444 g/mol. The molecule has 178 valence electrons. The van der Waals surface area contributed by atoms with Crippen LogP contribution in [0, 0.1) is 35.5 Å². The van der Waals surface area contributed by atoms with Gasteiger partial charge in [-0.3, -0.25) is 19.3 Å². The smallest absolute Gasteiger partial charge is 0.338 e. The van der Waals surface area contributed by atoms with Gasteiger partial charge in [-0.25, -0.2) is 4.79 Å². The van der Waals surface area contributed by atoms with Gasteiger partial charge in [-0.15, -0.1) is 0 Å². The summed E-state index contributed by atoms with van der Waals surface area (Å²) in [6.07, 6.45) is 6.19. The number of nitrogens with zero attached hydrogens (tertiary/aromatic N) is 1. The molecular formula is C28H26N2O5. The summed E-state index contributed by atoms with van der Waals surface area (Å²) in [5.41, 5.74) is 1.87. The molecule has 1 saturated heterocycles. The van der Waals surface area contributed by atoms with Crippen LogP contribution in [0.5, 0.6) is 0 Å². The Kier molecular flexibility index (Phi) is 5.09. The largest absolute Gasteiger partial charge is 0.462 e. The fraction of sp³-hybridized carbons (Fsp3) is 0.357. The number of esters is 1. The van der Waals surface area contributed by atoms with Crippen molar-refractivity contribution in [2.24, 2.45) is 35.5 Å². The van der Waals surface area contributed by atoms with Crippen LogP contribution in [0.3, 0.4) is 0 Å². The molecule has 7 heteroatoms. The standard InChI is InChI=1S/C28H26N2O5/c1-2-13-35-28(34)16-3-7-17(8-4-16)29-25(31)15-5-9-18(10-6-15)30-26(32)23-19-11-12-20(22-14-21(19)22)24(23)27(30)33/h3-12,19-24H,2,13-14H2,1H3,(H,29,31). The second-order valence-electron chi connectivity index (χ2n) is 9.88. The predicted molar refractivity (Wildman–Crippen MR) is 129 cm³/mol. The number of rotatable bonds is 6. The maximum Gasteiger partial charge on any atom is 0.338 e. The Labute approximate surface area is 203 Å². The summed E-state index contributed by atoms with van der Waals surface area (Å²) in [6.45, 7) is 2.29. The van der Waals surface area contributed by atoms with Gasteiger partial charge in [0, 0.05) is 11.3 Å². The fourth-order valence-corrected chi connectivity index (χ4v) is 6.14. The summed E-state index contributed by atoms with van der Waals surface area (Å²) in [7, 11) is 0. The first-order chi connectivity index (χ1) is 17.0. The maximum absolute atomic E-state index is 13.3. The molecule has 0 spiro atoms. The summed E-state index contributed by atoms with van der Waals surface area (Å²) in [5.74, 6) is 0.0506. The average molecular weight is 471 g/mol. The molecule has 2 aromatic carbocycles. The van der Waals surface area contributed by atoms with Crippen molar-refractivity contribution < 1.29 is 23.9 Å². The van der Waals surface area contributed by atoms with E-state index in [2.05, 4.69) is 17.5 Å². The minimum Gasteiger partial charge on any atom is -0.462 e. The van der Waals surface area contributed by atoms with E-state index >= 15 is 0 Å². The van der Waals surface area contributed by atoms with Crippen molar-refractivity contribution >= 4 is 35.1 Å². The molecule has 7 rings (SSSR count). The number of nitrogens with one attached hydrogen (secondary N) is 1. The molecule has 0 aromatic heterocycles. The number of benzene rings is 2. The Hall–Kier alpha value is -3.74. The molecule has 7 nitrogen and oxygen atoms in total. The lowest BCUT2D eigenvalue weighted by atomic mass is 9.63. The van der Waals surface area contributed by atoms with E-state index < -0.39 is 5.97 Å². The van der Waals surface area contributed by atoms with Gasteiger partial charge < -0.3 is 10.1 Å². The number of carbonyl (C=O) groups excluding carboxylic acids is 4. The van der Waals surface area contributed by atoms with Crippen LogP contribution >= 0.6 is 0 Å². The van der Waals surface area contributed by atoms with Crippen molar-refractivity contribution in [3.63, 3.8) is 0 Å². The third-order valence-corrected chi connectivity index (χ3v) is 7.87. The molecule has 1 N–H and O–H groups in total. The number of hydrogen-bond donors (Lipinski definition) is 1. The summed E-state index contributed by atoms with van der Waals surface area (Å²) >= 11 is 0. The first-order valence-corrected chi connectivity index (χ1v) is 12.2. The molecule has 1 aliphatic heterocycles. The molecule has 1 heterocycles. The molecule has 2 bridgehead atoms. The van der Waals surface area contributed by atoms with Gasteiger partial charge in [0.1, 0.15) is 0 Å². The molecule has 35 heavy (non-hydrogen) atoms. The van der Waals surface area contributed by atoms with Crippen LogP contribution in [0.25, 0.3) is 0 Å². The molecule has 6 unspecified atom stereocenters. The first-order valence-electron chi connectivity index (χ1n) is 12.2. The van der Waals surface area contributed by atoms with Crippen molar-refractivity contribution in [1.29, 1.82) is 0 Å². The number of ether oxygens (including phenoxy) is 1. The first kappa shape index (κ1) is 21.8. The summed E-state index contributed by atoms with van der Waals surface area (Å²) in [4.78, 5) is 52.5. The lowest BCUT2D eigenvalue weighted by Gasteiger charge is -2.37. The fourth-order valence-electron chi connectivity index (χ4n) is 6.14. The van der Waals surface area contributed by atoms with Crippen molar-refractivity contribution in [3.05, 3.63) is 71.8 Å². The van der Waals surface area contributed by atoms with Crippen LogP contribution in [-0.2, 0) is 14.3 Å². The lowest BCUT2D eigenvalue weighted by Crippen LogP contribution is -2.40. The highest BCUT2D eigenvalue weighted by Crippen LogP contribution is 2.65. The van der Waals surface area contributed by atoms with Gasteiger partial charge in [0.15, 0.2) is 0 Å². The number of carbonyl (C=O) groups is 4. The predicted octanol–water partition coefficient (Wildman–Crippen LogP) is 4.06. The highest BCUT2D eigenvalue weighted by atomic mass is 16.5. The minimum atomic E-state index is -0.396. The zero-order chi connectivity index (χ0) is 24.3. The second-order valence-corrected chi connectivity index (χ2v) is 9.88. The van der Waals surface area contributed by atoms with Gasteiger partial charge in [-0.05, 0) is 85.0 Å². The molecule has 0 radical (unpaired) electrons. The van der Waals surface area contributed by atoms with E-state index in [0.717, 1.165) is 12.8 Å². The number of allylic oxidation sites excluding steroid dienone is 2. The molecule has 5 aliphatic rings. The van der Waals surface area contributed by atoms with Crippen molar-refractivity contribution in [2.45, 2.75) is 19.8 Å². The van der Waals surface area contributed by atoms with E-state index in [1.807, 2.05) is 6.92 Å². The third kappa shape index (κ3) is 3.49. The molecule has 3 fully saturated rings. The van der Waals surface area contributed by atoms with Crippen LogP contribution in [0.15, 0.2) is 60.7 Å². The number of hydrogen-bond acceptors (Lipinski definition) is 5. The molecule has 4 aliphatic carbocycles. The van der Waals surface area contributed by atoms with Gasteiger partial charge in [0.2, 0.25) is 11.8 Å². The lowest BCUT2D eigenvalue weighted by molar-refractivity contribution is -0.124. The maximum atomic E-state index is 13.3. The van der Waals surface area contributed by atoms with Crippen LogP contribution in [-0.4, -0.2) is 30.3 Å². The van der Waals surface area contributed by atoms with Crippen LogP contribution in [0.4, 0.5) is 11.4 Å². The van der Waals surface area contributed by atoms with E-state index in [1.165, 1.54) is 4.90 Å². The molecule has 2 saturated carbocycles. The Bertz CT molecular complexity index is 1210. The zero-order valence-corrected chi connectivity index (χ0v) is 19.3. The Morgan fingerprint density at radius 3 is 2.03 bits per heavy atom. The van der Waals surface area contributed by atoms with Crippen LogP contribution in [0.1, 0.15) is 40.5 Å². The van der Waals surface area contributed by atoms with Crippen LogP contribution < -0.4 is 10.2 Å². The Balaban J connectivity index is 1.13. The van der Waals surface area contributed by atoms with Crippen molar-refractivity contribution in [2.75, 3.05) is 16.8 Å². The van der Waals surface area contributed by atoms with Gasteiger partial charge >= 0.3 is 5.97 Å². The quantitative estimate of drug-likeness (QED) is 0.390. The van der Waals surface area contributed by atoms with Gasteiger partial charge in [-0.1, -0.05) is 19.1 Å². The van der Waals surface area contributed by atoms with E-state index in [9.17, 15) is 19.2 Å². The molecule has 6 atom stereocenters. The van der Waals surface area contributed by atoms with E-state index in [4.69, 9.17) is 4.74 Å². The topological polar surface area (TPSA) is 92.8 Å². The third-order valence-electron chi connectivity index (χ3n) is 7.87. The van der Waals surface area contributed by atoms with E-state index in [1.54, 1.807) is 48.5 Å². The monoisotopic (exact) mass is 470 g/mol. The van der Waals surface area contributed by atoms with Gasteiger partial charge in [0.25, 0.3) is 5.91 Å². The van der Waals surface area contributed by atoms with Gasteiger partial charge in [-0.2, -0.15) is 0 Å². The Morgan fingerprint density at radius 1 is 0.886 bits per heavy atom. The second kappa shape index (κ2) is 8.18. The minimum absolute atomic E-state index is 0.112. The highest BCUT2D eigenvalue weighted by molar-refractivity contribution is 6.22. The zero-order valence-electron chi connectivity index (χ0n) is 19.3. The van der Waals surface area contributed by atoms with Crippen molar-refractivity contribution in [3.8, 4) is 0 Å². The highest BCUT2D eigenvalue weighted by Gasteiger charge is 2.67. The Morgan fingerprint density at radius 2 is 1.46 bits per heavy atom. The number of imide groups is 1. The normalized spacial score (nSPS) is 29.6. The SMILES string of the molecule is CCCOC(=O)c1ccc(NC(=O)c2ccc(N3C(=O)C4C5C=CC(C6CC56)C4C3=O)cc2)cc1. The van der Waals surface area contributed by atoms with E-state index in [-0.39, 0.29) is 41.4 Å². The van der Waals surface area contributed by atoms with Crippen molar-refractivity contribution in [1.82, 2.24) is 0 Å². The summed E-state index contributed by atoms with van der Waals surface area (Å²) < 4.78 is 5.11. The van der Waals surface area contributed by atoms with Gasteiger partial charge in [0.05, 0.1) is 29.7 Å². The number of amides is 3. The average Bonchev–Trinajstić information content (AvgIpc) is 3.66. The van der Waals surface area contributed by atoms with E-state index in [0.29, 0.717) is 40.9 Å². The molecule has 3 amide bonds. The summed E-state index contributed by atoms with van der Waals surface area (Å²) in [6, 6.07) is 13.0. The number of anilines is 2. The summed E-state index contributed by atoms with van der Waals surface area (Å²) in [5, 5.41) is 2.80. The molecule has 2 aromatic rings.